The molecular formula is C10H15N7O3S. The van der Waals surface area contributed by atoms with Crippen LogP contribution in [0.4, 0.5) is 5.82 Å². The first-order valence-electron chi connectivity index (χ1n) is 5.97. The number of aryl methyl sites for hydroxylation is 2. The van der Waals surface area contributed by atoms with Gasteiger partial charge in [0.15, 0.2) is 10.9 Å². The average molecular weight is 313 g/mol. The van der Waals surface area contributed by atoms with Gasteiger partial charge in [-0.3, -0.25) is 9.82 Å². The van der Waals surface area contributed by atoms with Crippen molar-refractivity contribution < 1.29 is 13.6 Å². The van der Waals surface area contributed by atoms with Gasteiger partial charge in [0.2, 0.25) is 0 Å². The van der Waals surface area contributed by atoms with E-state index >= 15 is 0 Å². The summed E-state index contributed by atoms with van der Waals surface area (Å²) in [5.41, 5.74) is 5.56. The number of rotatable bonds is 5. The van der Waals surface area contributed by atoms with E-state index in [2.05, 4.69) is 25.1 Å². The standard InChI is InChI=1S/C10H15N7O3S/c1-3-17-5-8(13-6(17)2)21(19,20)16-10-7(4-12-14-10)9(11)15-18/h4-5,18H,3H2,1-2H3,(H2,11,15)(H2,12,14,16). The van der Waals surface area contributed by atoms with Crippen molar-refractivity contribution >= 4 is 21.7 Å². The first-order valence-corrected chi connectivity index (χ1v) is 7.45. The zero-order valence-corrected chi connectivity index (χ0v) is 12.2. The molecule has 0 saturated heterocycles. The second-order valence-corrected chi connectivity index (χ2v) is 5.79. The Balaban J connectivity index is 2.36. The molecule has 0 unspecified atom stereocenters. The van der Waals surface area contributed by atoms with Crippen molar-refractivity contribution in [3.63, 3.8) is 0 Å². The van der Waals surface area contributed by atoms with Gasteiger partial charge < -0.3 is 15.5 Å². The van der Waals surface area contributed by atoms with Crippen molar-refractivity contribution in [1.29, 1.82) is 0 Å². The Morgan fingerprint density at radius 3 is 2.90 bits per heavy atom. The van der Waals surface area contributed by atoms with Crippen LogP contribution in [0.15, 0.2) is 22.6 Å². The highest BCUT2D eigenvalue weighted by Gasteiger charge is 2.22. The summed E-state index contributed by atoms with van der Waals surface area (Å²) in [6, 6.07) is 0. The van der Waals surface area contributed by atoms with Gasteiger partial charge in [-0.1, -0.05) is 5.16 Å². The van der Waals surface area contributed by atoms with E-state index in [0.29, 0.717) is 12.4 Å². The van der Waals surface area contributed by atoms with Crippen LogP contribution in [0, 0.1) is 6.92 Å². The van der Waals surface area contributed by atoms with Crippen LogP contribution >= 0.6 is 0 Å². The van der Waals surface area contributed by atoms with Gasteiger partial charge in [0, 0.05) is 12.7 Å². The third-order valence-electron chi connectivity index (χ3n) is 2.83. The van der Waals surface area contributed by atoms with Crippen molar-refractivity contribution in [2.45, 2.75) is 25.4 Å². The lowest BCUT2D eigenvalue weighted by atomic mass is 10.3. The van der Waals surface area contributed by atoms with E-state index in [9.17, 15) is 8.42 Å². The quantitative estimate of drug-likeness (QED) is 0.260. The molecule has 5 N–H and O–H groups in total. The van der Waals surface area contributed by atoms with E-state index in [1.54, 1.807) is 11.5 Å². The van der Waals surface area contributed by atoms with Crippen molar-refractivity contribution in [3.8, 4) is 0 Å². The van der Waals surface area contributed by atoms with Crippen molar-refractivity contribution in [2.75, 3.05) is 4.72 Å². The van der Waals surface area contributed by atoms with E-state index in [1.807, 2.05) is 6.92 Å². The van der Waals surface area contributed by atoms with Crippen LogP contribution in [0.25, 0.3) is 0 Å². The smallest absolute Gasteiger partial charge is 0.282 e. The zero-order chi connectivity index (χ0) is 15.6. The van der Waals surface area contributed by atoms with Gasteiger partial charge in [-0.25, -0.2) is 4.98 Å². The van der Waals surface area contributed by atoms with Crippen LogP contribution in [-0.4, -0.2) is 39.2 Å². The maximum Gasteiger partial charge on any atom is 0.282 e. The van der Waals surface area contributed by atoms with Crippen molar-refractivity contribution in [2.24, 2.45) is 10.9 Å². The summed E-state index contributed by atoms with van der Waals surface area (Å²) in [6.07, 6.45) is 2.67. The number of nitrogens with two attached hydrogens (primary N) is 1. The first kappa shape index (κ1) is 14.8. The average Bonchev–Trinajstić information content (AvgIpc) is 3.04. The third kappa shape index (κ3) is 2.81. The number of hydrogen-bond donors (Lipinski definition) is 4. The molecule has 0 aliphatic carbocycles. The lowest BCUT2D eigenvalue weighted by Crippen LogP contribution is -2.19. The second kappa shape index (κ2) is 5.44. The SMILES string of the molecule is CCn1cc(S(=O)(=O)Nc2[nH]ncc2C(N)=NO)nc1C. The fourth-order valence-electron chi connectivity index (χ4n) is 1.73. The monoisotopic (exact) mass is 313 g/mol. The summed E-state index contributed by atoms with van der Waals surface area (Å²) >= 11 is 0. The maximum atomic E-state index is 12.3. The summed E-state index contributed by atoms with van der Waals surface area (Å²) in [5, 5.41) is 17.4. The minimum Gasteiger partial charge on any atom is -0.409 e. The molecule has 2 rings (SSSR count). The molecule has 2 aromatic rings. The molecule has 0 spiro atoms. The Bertz CT molecular complexity index is 774. The number of sulfonamides is 1. The Hall–Kier alpha value is -2.56. The van der Waals surface area contributed by atoms with Crippen LogP contribution in [0.2, 0.25) is 0 Å². The number of aromatic nitrogens is 4. The topological polar surface area (TPSA) is 151 Å². The molecule has 0 radical (unpaired) electrons. The van der Waals surface area contributed by atoms with Crippen LogP contribution in [0.5, 0.6) is 0 Å². The Labute approximate surface area is 120 Å². The molecule has 0 aliphatic heterocycles. The predicted molar refractivity (Wildman–Crippen MR) is 74.5 cm³/mol. The van der Waals surface area contributed by atoms with Gasteiger partial charge in [0.1, 0.15) is 11.6 Å². The largest absolute Gasteiger partial charge is 0.409 e. The second-order valence-electron chi connectivity index (χ2n) is 4.16. The van der Waals surface area contributed by atoms with Crippen molar-refractivity contribution in [1.82, 2.24) is 19.7 Å². The molecule has 0 atom stereocenters. The lowest BCUT2D eigenvalue weighted by molar-refractivity contribution is 0.318. The first-order chi connectivity index (χ1) is 9.89. The summed E-state index contributed by atoms with van der Waals surface area (Å²) in [4.78, 5) is 4.00. The number of H-pyrrole nitrogens is 1. The van der Waals surface area contributed by atoms with Gasteiger partial charge >= 0.3 is 0 Å². The minimum atomic E-state index is -3.90. The minimum absolute atomic E-state index is 0.00555. The molecule has 0 saturated carbocycles. The highest BCUT2D eigenvalue weighted by atomic mass is 32.2. The van der Waals surface area contributed by atoms with Crippen LogP contribution in [-0.2, 0) is 16.6 Å². The molecule has 10 nitrogen and oxygen atoms in total. The lowest BCUT2D eigenvalue weighted by Gasteiger charge is -2.05. The fraction of sp³-hybridized carbons (Fsp3) is 0.300. The Kier molecular flexibility index (Phi) is 3.84. The highest BCUT2D eigenvalue weighted by molar-refractivity contribution is 7.92. The molecule has 0 bridgehead atoms. The molecular weight excluding hydrogens is 298 g/mol. The van der Waals surface area contributed by atoms with E-state index in [-0.39, 0.29) is 22.2 Å². The Morgan fingerprint density at radius 1 is 1.62 bits per heavy atom. The van der Waals surface area contributed by atoms with Crippen LogP contribution < -0.4 is 10.5 Å². The number of anilines is 1. The maximum absolute atomic E-state index is 12.3. The van der Waals surface area contributed by atoms with E-state index in [0.717, 1.165) is 0 Å². The van der Waals surface area contributed by atoms with Crippen LogP contribution in [0.3, 0.4) is 0 Å². The predicted octanol–water partition coefficient (Wildman–Crippen LogP) is -0.170. The van der Waals surface area contributed by atoms with Gasteiger partial charge in [-0.05, 0) is 13.8 Å². The molecule has 0 amide bonds. The molecule has 2 aromatic heterocycles. The third-order valence-corrected chi connectivity index (χ3v) is 4.05. The molecule has 0 aliphatic rings. The number of nitrogens with one attached hydrogen (secondary N) is 2. The summed E-state index contributed by atoms with van der Waals surface area (Å²) in [7, 11) is -3.90. The molecule has 0 aromatic carbocycles. The number of oxime groups is 1. The van der Waals surface area contributed by atoms with E-state index < -0.39 is 10.0 Å². The molecule has 114 valence electrons. The van der Waals surface area contributed by atoms with E-state index in [1.165, 1.54) is 12.4 Å². The summed E-state index contributed by atoms with van der Waals surface area (Å²) < 4.78 is 28.5. The van der Waals surface area contributed by atoms with Gasteiger partial charge in [0.05, 0.1) is 11.8 Å². The van der Waals surface area contributed by atoms with Gasteiger partial charge in [-0.15, -0.1) is 0 Å². The number of aromatic amines is 1. The molecule has 21 heavy (non-hydrogen) atoms. The van der Waals surface area contributed by atoms with E-state index in [4.69, 9.17) is 10.9 Å². The molecule has 2 heterocycles. The number of amidine groups is 1. The van der Waals surface area contributed by atoms with Gasteiger partial charge in [-0.2, -0.15) is 13.5 Å². The highest BCUT2D eigenvalue weighted by Crippen LogP contribution is 2.17. The van der Waals surface area contributed by atoms with Crippen molar-refractivity contribution in [3.05, 3.63) is 23.8 Å². The van der Waals surface area contributed by atoms with Crippen LogP contribution in [0.1, 0.15) is 18.3 Å². The zero-order valence-electron chi connectivity index (χ0n) is 11.4. The summed E-state index contributed by atoms with van der Waals surface area (Å²) in [6.45, 7) is 4.19. The number of hydrogen-bond acceptors (Lipinski definition) is 6. The number of nitrogens with zero attached hydrogens (tertiary/aromatic N) is 4. The molecule has 0 fully saturated rings. The van der Waals surface area contributed by atoms with Gasteiger partial charge in [0.25, 0.3) is 10.0 Å². The normalized spacial score (nSPS) is 12.6. The Morgan fingerprint density at radius 2 is 2.33 bits per heavy atom. The number of imidazole rings is 1. The fourth-order valence-corrected chi connectivity index (χ4v) is 2.77. The molecule has 11 heteroatoms. The summed E-state index contributed by atoms with van der Waals surface area (Å²) in [5.74, 6) is 0.310.